The number of thiophene rings is 1. The molecule has 1 aliphatic heterocycles. The predicted molar refractivity (Wildman–Crippen MR) is 147 cm³/mol. The smallest absolute Gasteiger partial charge is 0.285 e. The molecular formula is C26H33N5O4S2. The number of benzene rings is 1. The maximum atomic E-state index is 12.3. The number of sulfonamides is 1. The van der Waals surface area contributed by atoms with Crippen molar-refractivity contribution in [2.75, 3.05) is 37.7 Å². The van der Waals surface area contributed by atoms with Gasteiger partial charge in [-0.15, -0.1) is 21.5 Å². The molecule has 2 aromatic heterocycles. The minimum Gasteiger partial charge on any atom is -0.494 e. The summed E-state index contributed by atoms with van der Waals surface area (Å²) in [4.78, 5) is 18.2. The highest BCUT2D eigenvalue weighted by atomic mass is 32.2. The lowest BCUT2D eigenvalue weighted by Gasteiger charge is -2.34. The van der Waals surface area contributed by atoms with E-state index in [9.17, 15) is 13.2 Å². The molecule has 4 rings (SSSR count). The van der Waals surface area contributed by atoms with E-state index in [0.29, 0.717) is 12.4 Å². The van der Waals surface area contributed by atoms with Gasteiger partial charge in [0.15, 0.2) is 11.5 Å². The Bertz CT molecular complexity index is 1330. The summed E-state index contributed by atoms with van der Waals surface area (Å²) in [5, 5.41) is 10.3. The Balaban J connectivity index is 1.30. The summed E-state index contributed by atoms with van der Waals surface area (Å²) in [6.45, 7) is 11.4. The van der Waals surface area contributed by atoms with Gasteiger partial charge in [-0.05, 0) is 74.5 Å². The third-order valence-corrected chi connectivity index (χ3v) is 9.11. The summed E-state index contributed by atoms with van der Waals surface area (Å²) in [6, 6.07) is 13.6. The molecule has 1 aliphatic rings. The molecule has 0 spiro atoms. The highest BCUT2D eigenvalue weighted by Crippen LogP contribution is 2.29. The SMILES string of the molecule is CCOc1cccc(-c2csc(CN3CCN(c4ccc(C(=O)NS(=O)(=O)C(C)(C)C)nn4)CC3)c2)c1. The van der Waals surface area contributed by atoms with Crippen molar-refractivity contribution in [3.63, 3.8) is 0 Å². The summed E-state index contributed by atoms with van der Waals surface area (Å²) in [7, 11) is -3.81. The topological polar surface area (TPSA) is 105 Å². The highest BCUT2D eigenvalue weighted by molar-refractivity contribution is 7.91. The zero-order chi connectivity index (χ0) is 26.6. The monoisotopic (exact) mass is 543 g/mol. The van der Waals surface area contributed by atoms with Crippen molar-refractivity contribution in [1.82, 2.24) is 19.8 Å². The fourth-order valence-electron chi connectivity index (χ4n) is 3.84. The number of nitrogens with zero attached hydrogens (tertiary/aromatic N) is 4. The molecule has 3 heterocycles. The second kappa shape index (κ2) is 11.2. The number of ether oxygens (including phenoxy) is 1. The van der Waals surface area contributed by atoms with Gasteiger partial charge in [0.2, 0.25) is 10.0 Å². The average molecular weight is 544 g/mol. The number of hydrogen-bond donors (Lipinski definition) is 1. The second-order valence-corrected chi connectivity index (χ2v) is 13.3. The second-order valence-electron chi connectivity index (χ2n) is 9.85. The van der Waals surface area contributed by atoms with Crippen LogP contribution in [0.3, 0.4) is 0 Å². The van der Waals surface area contributed by atoms with Gasteiger partial charge < -0.3 is 9.64 Å². The van der Waals surface area contributed by atoms with Crippen LogP contribution >= 0.6 is 11.3 Å². The number of carbonyl (C=O) groups excluding carboxylic acids is 1. The first kappa shape index (κ1) is 27.0. The van der Waals surface area contributed by atoms with Crippen LogP contribution in [0.4, 0.5) is 5.82 Å². The van der Waals surface area contributed by atoms with Crippen LogP contribution in [0.2, 0.25) is 0 Å². The van der Waals surface area contributed by atoms with Crippen LogP contribution in [0, 0.1) is 0 Å². The zero-order valence-electron chi connectivity index (χ0n) is 21.6. The minimum atomic E-state index is -3.81. The van der Waals surface area contributed by atoms with Gasteiger partial charge in [-0.1, -0.05) is 12.1 Å². The van der Waals surface area contributed by atoms with E-state index in [1.54, 1.807) is 17.4 Å². The molecule has 1 fully saturated rings. The minimum absolute atomic E-state index is 0.0319. The molecule has 198 valence electrons. The maximum Gasteiger partial charge on any atom is 0.285 e. The van der Waals surface area contributed by atoms with Crippen LogP contribution < -0.4 is 14.4 Å². The summed E-state index contributed by atoms with van der Waals surface area (Å²) < 4.78 is 31.0. The van der Waals surface area contributed by atoms with Crippen LogP contribution in [0.1, 0.15) is 43.1 Å². The van der Waals surface area contributed by atoms with E-state index >= 15 is 0 Å². The average Bonchev–Trinajstić information content (AvgIpc) is 3.33. The fourth-order valence-corrected chi connectivity index (χ4v) is 5.43. The zero-order valence-corrected chi connectivity index (χ0v) is 23.2. The lowest BCUT2D eigenvalue weighted by molar-refractivity contribution is 0.0974. The van der Waals surface area contributed by atoms with E-state index in [4.69, 9.17) is 4.74 Å². The number of amides is 1. The molecule has 1 aromatic carbocycles. The number of aromatic nitrogens is 2. The van der Waals surface area contributed by atoms with Crippen molar-refractivity contribution in [1.29, 1.82) is 0 Å². The van der Waals surface area contributed by atoms with Crippen LogP contribution in [0.25, 0.3) is 11.1 Å². The van der Waals surface area contributed by atoms with Crippen LogP contribution in [-0.2, 0) is 16.6 Å². The van der Waals surface area contributed by atoms with Gasteiger partial charge >= 0.3 is 0 Å². The number of anilines is 1. The van der Waals surface area contributed by atoms with Crippen molar-refractivity contribution in [3.8, 4) is 16.9 Å². The van der Waals surface area contributed by atoms with Gasteiger partial charge in [-0.2, -0.15) is 0 Å². The molecule has 0 bridgehead atoms. The quantitative estimate of drug-likeness (QED) is 0.458. The van der Waals surface area contributed by atoms with Gasteiger partial charge in [-0.3, -0.25) is 9.69 Å². The van der Waals surface area contributed by atoms with Gasteiger partial charge in [0.25, 0.3) is 5.91 Å². The predicted octanol–water partition coefficient (Wildman–Crippen LogP) is 3.78. The van der Waals surface area contributed by atoms with E-state index in [0.717, 1.165) is 44.0 Å². The maximum absolute atomic E-state index is 12.3. The van der Waals surface area contributed by atoms with Gasteiger partial charge in [0.1, 0.15) is 5.75 Å². The van der Waals surface area contributed by atoms with Gasteiger partial charge in [0, 0.05) is 37.6 Å². The standard InChI is InChI=1S/C26H33N5O4S2/c1-5-35-21-8-6-7-19(15-21)20-16-22(36-18-20)17-30-11-13-31(14-12-30)24-10-9-23(27-28-24)25(32)29-37(33,34)26(2,3)4/h6-10,15-16,18H,5,11-14,17H2,1-4H3,(H,29,32). The first-order chi connectivity index (χ1) is 17.6. The van der Waals surface area contributed by atoms with Crippen molar-refractivity contribution >= 4 is 33.1 Å². The molecule has 1 saturated heterocycles. The van der Waals surface area contributed by atoms with Crippen molar-refractivity contribution < 1.29 is 17.9 Å². The Kier molecular flexibility index (Phi) is 8.15. The number of carbonyl (C=O) groups is 1. The Morgan fingerprint density at radius 1 is 1.05 bits per heavy atom. The molecule has 1 amide bonds. The molecule has 0 saturated carbocycles. The first-order valence-corrected chi connectivity index (χ1v) is 14.6. The number of piperazine rings is 1. The van der Waals surface area contributed by atoms with Crippen molar-refractivity contribution in [2.24, 2.45) is 0 Å². The molecule has 0 atom stereocenters. The molecule has 0 aliphatic carbocycles. The molecule has 1 N–H and O–H groups in total. The van der Waals surface area contributed by atoms with Gasteiger partial charge in [0.05, 0.1) is 11.4 Å². The number of nitrogens with one attached hydrogen (secondary N) is 1. The lowest BCUT2D eigenvalue weighted by Crippen LogP contribution is -2.46. The first-order valence-electron chi connectivity index (χ1n) is 12.2. The van der Waals surface area contributed by atoms with Crippen molar-refractivity contribution in [3.05, 3.63) is 58.4 Å². The Labute approximate surface area is 222 Å². The summed E-state index contributed by atoms with van der Waals surface area (Å²) in [5.41, 5.74) is 2.33. The lowest BCUT2D eigenvalue weighted by atomic mass is 10.1. The summed E-state index contributed by atoms with van der Waals surface area (Å²) >= 11 is 1.76. The summed E-state index contributed by atoms with van der Waals surface area (Å²) in [6.07, 6.45) is 0. The normalized spacial score (nSPS) is 15.0. The largest absolute Gasteiger partial charge is 0.494 e. The Morgan fingerprint density at radius 2 is 1.81 bits per heavy atom. The molecule has 37 heavy (non-hydrogen) atoms. The van der Waals surface area contributed by atoms with E-state index < -0.39 is 20.7 Å². The molecule has 9 nitrogen and oxygen atoms in total. The Morgan fingerprint density at radius 3 is 2.46 bits per heavy atom. The highest BCUT2D eigenvalue weighted by Gasteiger charge is 2.31. The van der Waals surface area contributed by atoms with E-state index in [1.807, 2.05) is 19.1 Å². The van der Waals surface area contributed by atoms with E-state index in [-0.39, 0.29) is 5.69 Å². The number of rotatable bonds is 8. The van der Waals surface area contributed by atoms with Crippen LogP contribution in [-0.4, -0.2) is 67.0 Å². The third-order valence-electron chi connectivity index (χ3n) is 6.12. The summed E-state index contributed by atoms with van der Waals surface area (Å²) in [5.74, 6) is 0.775. The van der Waals surface area contributed by atoms with E-state index in [1.165, 1.54) is 37.3 Å². The van der Waals surface area contributed by atoms with Crippen LogP contribution in [0.5, 0.6) is 5.75 Å². The van der Waals surface area contributed by atoms with Crippen molar-refractivity contribution in [2.45, 2.75) is 39.0 Å². The third kappa shape index (κ3) is 6.65. The van der Waals surface area contributed by atoms with Crippen LogP contribution in [0.15, 0.2) is 47.8 Å². The van der Waals surface area contributed by atoms with E-state index in [2.05, 4.69) is 48.3 Å². The molecule has 11 heteroatoms. The molecule has 3 aromatic rings. The number of hydrogen-bond acceptors (Lipinski definition) is 9. The Hall–Kier alpha value is -3.02. The fraction of sp³-hybridized carbons (Fsp3) is 0.423. The molecule has 0 radical (unpaired) electrons. The molecule has 0 unspecified atom stereocenters. The molecular weight excluding hydrogens is 510 g/mol. The van der Waals surface area contributed by atoms with Gasteiger partial charge in [-0.25, -0.2) is 13.1 Å².